The summed E-state index contributed by atoms with van der Waals surface area (Å²) in [4.78, 5) is 19.8. The van der Waals surface area contributed by atoms with Gasteiger partial charge in [-0.25, -0.2) is 0 Å². The number of piperidine rings is 1. The number of thioether (sulfide) groups is 1. The van der Waals surface area contributed by atoms with Crippen LogP contribution in [0, 0.1) is 5.92 Å². The Morgan fingerprint density at radius 3 is 2.85 bits per heavy atom. The van der Waals surface area contributed by atoms with Gasteiger partial charge < -0.3 is 14.7 Å². The number of allylic oxidation sites excluding steroid dienone is 4. The summed E-state index contributed by atoms with van der Waals surface area (Å²) in [6.45, 7) is 5.48. The summed E-state index contributed by atoms with van der Waals surface area (Å²) in [5.74, 6) is 0.830. The molecule has 3 aliphatic heterocycles. The van der Waals surface area contributed by atoms with Crippen molar-refractivity contribution in [1.82, 2.24) is 14.7 Å². The van der Waals surface area contributed by atoms with E-state index in [1.165, 1.54) is 24.1 Å². The highest BCUT2D eigenvalue weighted by molar-refractivity contribution is 8.01. The molecule has 2 unspecified atom stereocenters. The normalized spacial score (nSPS) is 30.6. The van der Waals surface area contributed by atoms with Gasteiger partial charge in [-0.05, 0) is 64.4 Å². The van der Waals surface area contributed by atoms with Gasteiger partial charge in [-0.2, -0.15) is 0 Å². The zero-order chi connectivity index (χ0) is 18.3. The van der Waals surface area contributed by atoms with Gasteiger partial charge in [0.15, 0.2) is 0 Å². The fourth-order valence-corrected chi connectivity index (χ4v) is 6.54. The molecule has 0 bridgehead atoms. The molecule has 0 aromatic rings. The van der Waals surface area contributed by atoms with E-state index < -0.39 is 0 Å². The quantitative estimate of drug-likeness (QED) is 0.757. The number of fused-ring (bicyclic) bond motifs is 1. The lowest BCUT2D eigenvalue weighted by Crippen LogP contribution is -2.44. The van der Waals surface area contributed by atoms with Crippen LogP contribution < -0.4 is 0 Å². The molecule has 2 fully saturated rings. The van der Waals surface area contributed by atoms with Gasteiger partial charge in [0.25, 0.3) is 0 Å². The van der Waals surface area contributed by atoms with Gasteiger partial charge in [0.2, 0.25) is 5.91 Å². The molecule has 2 atom stereocenters. The molecule has 4 rings (SSSR count). The number of amides is 1. The summed E-state index contributed by atoms with van der Waals surface area (Å²) in [5, 5.41) is 0.319. The highest BCUT2D eigenvalue weighted by atomic mass is 32.2. The summed E-state index contributed by atoms with van der Waals surface area (Å²) < 4.78 is 0.304. The van der Waals surface area contributed by atoms with Crippen molar-refractivity contribution in [2.45, 2.75) is 49.1 Å². The predicted octanol–water partition coefficient (Wildman–Crippen LogP) is 3.44. The van der Waals surface area contributed by atoms with Crippen molar-refractivity contribution in [3.8, 4) is 0 Å². The minimum absolute atomic E-state index is 0.304. The molecule has 26 heavy (non-hydrogen) atoms. The molecule has 4 aliphatic rings. The van der Waals surface area contributed by atoms with Crippen molar-refractivity contribution in [2.75, 3.05) is 33.7 Å². The van der Waals surface area contributed by atoms with E-state index in [1.54, 1.807) is 0 Å². The molecule has 2 saturated heterocycles. The second-order valence-corrected chi connectivity index (χ2v) is 10.1. The van der Waals surface area contributed by atoms with E-state index in [-0.39, 0.29) is 0 Å². The minimum atomic E-state index is 0.304. The van der Waals surface area contributed by atoms with Crippen LogP contribution in [-0.4, -0.2) is 64.5 Å². The Morgan fingerprint density at radius 2 is 2.08 bits per heavy atom. The summed E-state index contributed by atoms with van der Waals surface area (Å²) >= 11 is 2.04. The van der Waals surface area contributed by atoms with Gasteiger partial charge in [-0.3, -0.25) is 4.79 Å². The van der Waals surface area contributed by atoms with Gasteiger partial charge in [0.1, 0.15) is 0 Å². The molecule has 1 spiro atoms. The first kappa shape index (κ1) is 18.2. The average molecular weight is 374 g/mol. The van der Waals surface area contributed by atoms with Crippen molar-refractivity contribution < 1.29 is 4.79 Å². The first-order valence-corrected chi connectivity index (χ1v) is 10.8. The lowest BCUT2D eigenvalue weighted by atomic mass is 9.89. The average Bonchev–Trinajstić information content (AvgIpc) is 3.14. The van der Waals surface area contributed by atoms with E-state index in [1.807, 2.05) is 11.8 Å². The Labute approximate surface area is 162 Å². The van der Waals surface area contributed by atoms with Crippen molar-refractivity contribution >= 4 is 17.7 Å². The first-order chi connectivity index (χ1) is 12.5. The molecule has 0 radical (unpaired) electrons. The number of likely N-dealkylation sites (tertiary alicyclic amines) is 1. The molecule has 0 aromatic heterocycles. The predicted molar refractivity (Wildman–Crippen MR) is 109 cm³/mol. The van der Waals surface area contributed by atoms with Gasteiger partial charge in [-0.15, -0.1) is 11.8 Å². The number of hydrogen-bond donors (Lipinski definition) is 0. The van der Waals surface area contributed by atoms with Crippen LogP contribution in [0.4, 0.5) is 0 Å². The van der Waals surface area contributed by atoms with Crippen molar-refractivity contribution in [1.29, 1.82) is 0 Å². The number of nitrogens with zero attached hydrogens (tertiary/aromatic N) is 3. The largest absolute Gasteiger partial charge is 0.354 e. The molecule has 1 aliphatic carbocycles. The van der Waals surface area contributed by atoms with Gasteiger partial charge in [-0.1, -0.05) is 12.2 Å². The van der Waals surface area contributed by atoms with E-state index >= 15 is 0 Å². The fraction of sp³-hybridized carbons (Fsp3) is 0.667. The molecule has 4 nitrogen and oxygen atoms in total. The zero-order valence-corrected chi connectivity index (χ0v) is 17.1. The van der Waals surface area contributed by atoms with Crippen molar-refractivity contribution in [3.63, 3.8) is 0 Å². The molecular formula is C21H31N3OS. The molecule has 1 amide bonds. The summed E-state index contributed by atoms with van der Waals surface area (Å²) in [6.07, 6.45) is 13.9. The third-order valence-electron chi connectivity index (χ3n) is 6.51. The van der Waals surface area contributed by atoms with Crippen molar-refractivity contribution in [2.24, 2.45) is 5.92 Å². The highest BCUT2D eigenvalue weighted by Crippen LogP contribution is 2.46. The van der Waals surface area contributed by atoms with E-state index in [0.29, 0.717) is 28.4 Å². The maximum Gasteiger partial charge on any atom is 0.223 e. The molecule has 0 aromatic carbocycles. The second-order valence-electron chi connectivity index (χ2n) is 8.35. The van der Waals surface area contributed by atoms with E-state index in [0.717, 1.165) is 32.5 Å². The number of carbonyl (C=O) groups is 1. The number of carbonyl (C=O) groups excluding carboxylic acids is 1. The summed E-state index contributed by atoms with van der Waals surface area (Å²) in [5.41, 5.74) is 2.80. The third-order valence-corrected chi connectivity index (χ3v) is 8.14. The van der Waals surface area contributed by atoms with Crippen LogP contribution in [0.25, 0.3) is 0 Å². The standard InChI is InChI=1S/C21H31N3OS/c1-16-24(15-21(26-16)10-12-22(2)13-11-21)20(25)9-8-17-14-23(3)19-7-5-4-6-18(17)19/h4-5,7,14,16,18H,6,8-13,15H2,1-3H3. The Kier molecular flexibility index (Phi) is 4.95. The molecule has 5 heteroatoms. The summed E-state index contributed by atoms with van der Waals surface area (Å²) in [6, 6.07) is 0. The minimum Gasteiger partial charge on any atom is -0.354 e. The Morgan fingerprint density at radius 1 is 1.31 bits per heavy atom. The molecule has 0 saturated carbocycles. The number of rotatable bonds is 3. The molecule has 142 valence electrons. The number of hydrogen-bond acceptors (Lipinski definition) is 4. The van der Waals surface area contributed by atoms with Crippen LogP contribution in [0.3, 0.4) is 0 Å². The third kappa shape index (κ3) is 3.36. The maximum absolute atomic E-state index is 13.0. The van der Waals surface area contributed by atoms with Gasteiger partial charge in [0.05, 0.1) is 5.37 Å². The monoisotopic (exact) mass is 373 g/mol. The van der Waals surface area contributed by atoms with E-state index in [2.05, 4.69) is 60.1 Å². The maximum atomic E-state index is 13.0. The molecule has 0 N–H and O–H groups in total. The lowest BCUT2D eigenvalue weighted by molar-refractivity contribution is -0.131. The Bertz CT molecular complexity index is 660. The van der Waals surface area contributed by atoms with Gasteiger partial charge in [0, 0.05) is 42.6 Å². The van der Waals surface area contributed by atoms with Gasteiger partial charge >= 0.3 is 0 Å². The molecular weight excluding hydrogens is 342 g/mol. The highest BCUT2D eigenvalue weighted by Gasteiger charge is 2.45. The van der Waals surface area contributed by atoms with Crippen LogP contribution in [0.2, 0.25) is 0 Å². The SMILES string of the molecule is CC1SC2(CCN(C)CC2)CN1C(=O)CCC1=CN(C)C2=CC=CCC12. The zero-order valence-electron chi connectivity index (χ0n) is 16.3. The van der Waals surface area contributed by atoms with Crippen LogP contribution in [0.1, 0.15) is 39.0 Å². The van der Waals surface area contributed by atoms with E-state index in [9.17, 15) is 4.79 Å². The topological polar surface area (TPSA) is 26.8 Å². The van der Waals surface area contributed by atoms with Crippen molar-refractivity contribution in [3.05, 3.63) is 35.7 Å². The molecule has 3 heterocycles. The van der Waals surface area contributed by atoms with Crippen LogP contribution in [0.15, 0.2) is 35.7 Å². The smallest absolute Gasteiger partial charge is 0.223 e. The van der Waals surface area contributed by atoms with E-state index in [4.69, 9.17) is 0 Å². The van der Waals surface area contributed by atoms with Crippen LogP contribution >= 0.6 is 11.8 Å². The van der Waals surface area contributed by atoms with Crippen LogP contribution in [0.5, 0.6) is 0 Å². The first-order valence-electron chi connectivity index (χ1n) is 9.93. The Hall–Kier alpha value is -1.20. The van der Waals surface area contributed by atoms with Crippen LogP contribution in [-0.2, 0) is 4.79 Å². The summed E-state index contributed by atoms with van der Waals surface area (Å²) in [7, 11) is 4.32. The lowest BCUT2D eigenvalue weighted by Gasteiger charge is -2.36. The fourth-order valence-electron chi connectivity index (χ4n) is 4.86. The second kappa shape index (κ2) is 7.08. The Balaban J connectivity index is 1.35.